The highest BCUT2D eigenvalue weighted by Crippen LogP contribution is 2.44. The van der Waals surface area contributed by atoms with Crippen LogP contribution >= 0.6 is 43.5 Å². The van der Waals surface area contributed by atoms with E-state index in [-0.39, 0.29) is 11.5 Å². The molecule has 66 valence electrons. The molecule has 0 atom stereocenters. The molecule has 0 radical (unpaired) electrons. The van der Waals surface area contributed by atoms with Gasteiger partial charge < -0.3 is 9.84 Å². The molecule has 5 heteroatoms. The maximum atomic E-state index is 9.43. The number of methoxy groups -OCH3 is 1. The van der Waals surface area contributed by atoms with Gasteiger partial charge in [0, 0.05) is 4.47 Å². The average molecular weight is 316 g/mol. The molecule has 1 aromatic carbocycles. The van der Waals surface area contributed by atoms with E-state index < -0.39 is 0 Å². The van der Waals surface area contributed by atoms with Gasteiger partial charge in [-0.3, -0.25) is 0 Å². The summed E-state index contributed by atoms with van der Waals surface area (Å²) >= 11 is 12.2. The van der Waals surface area contributed by atoms with E-state index in [1.54, 1.807) is 6.07 Å². The molecule has 1 aromatic rings. The first-order chi connectivity index (χ1) is 5.57. The number of hydrogen-bond donors (Lipinski definition) is 1. The van der Waals surface area contributed by atoms with Gasteiger partial charge in [0.25, 0.3) is 0 Å². The Morgan fingerprint density at radius 2 is 2.00 bits per heavy atom. The van der Waals surface area contributed by atoms with E-state index in [1.807, 2.05) is 0 Å². The average Bonchev–Trinajstić information content (AvgIpc) is 2.02. The molecule has 0 unspecified atom stereocenters. The number of hydrogen-bond acceptors (Lipinski definition) is 2. The molecule has 0 fully saturated rings. The Bertz CT molecular complexity index is 289. The molecule has 0 aromatic heterocycles. The largest absolute Gasteiger partial charge is 0.503 e. The minimum Gasteiger partial charge on any atom is -0.503 e. The number of phenols is 1. The number of ether oxygens (including phenoxy) is 1. The van der Waals surface area contributed by atoms with Crippen LogP contribution in [0.15, 0.2) is 15.0 Å². The fourth-order valence-corrected chi connectivity index (χ4v) is 2.10. The maximum absolute atomic E-state index is 9.43. The van der Waals surface area contributed by atoms with Gasteiger partial charge in [-0.25, -0.2) is 0 Å². The fraction of sp³-hybridized carbons (Fsp3) is 0.143. The van der Waals surface area contributed by atoms with Gasteiger partial charge in [-0.15, -0.1) is 0 Å². The van der Waals surface area contributed by atoms with Crippen LogP contribution in [0.3, 0.4) is 0 Å². The van der Waals surface area contributed by atoms with Crippen LogP contribution in [0.4, 0.5) is 0 Å². The Morgan fingerprint density at radius 1 is 1.42 bits per heavy atom. The Balaban J connectivity index is 3.42. The third-order valence-corrected chi connectivity index (χ3v) is 3.14. The Labute approximate surface area is 91.7 Å². The first-order valence-electron chi connectivity index (χ1n) is 2.98. The number of benzene rings is 1. The molecular weight excluding hydrogens is 311 g/mol. The van der Waals surface area contributed by atoms with Gasteiger partial charge in [-0.2, -0.15) is 0 Å². The molecule has 0 aliphatic rings. The van der Waals surface area contributed by atoms with Crippen LogP contribution in [0.5, 0.6) is 11.5 Å². The molecule has 0 spiro atoms. The second-order valence-electron chi connectivity index (χ2n) is 2.04. The van der Waals surface area contributed by atoms with Gasteiger partial charge in [0.05, 0.1) is 11.6 Å². The van der Waals surface area contributed by atoms with E-state index >= 15 is 0 Å². The van der Waals surface area contributed by atoms with Crippen molar-refractivity contribution in [3.8, 4) is 11.5 Å². The predicted molar refractivity (Wildman–Crippen MR) is 55.1 cm³/mol. The summed E-state index contributed by atoms with van der Waals surface area (Å²) in [6.07, 6.45) is 0. The first-order valence-corrected chi connectivity index (χ1v) is 4.94. The summed E-state index contributed by atoms with van der Waals surface area (Å²) in [5, 5.41) is 9.79. The zero-order chi connectivity index (χ0) is 9.30. The zero-order valence-corrected chi connectivity index (χ0v) is 9.99. The third kappa shape index (κ3) is 1.70. The van der Waals surface area contributed by atoms with Crippen molar-refractivity contribution < 1.29 is 9.84 Å². The van der Waals surface area contributed by atoms with Gasteiger partial charge in [0.1, 0.15) is 5.02 Å². The maximum Gasteiger partial charge on any atom is 0.181 e. The lowest BCUT2D eigenvalue weighted by Crippen LogP contribution is -1.86. The summed E-state index contributed by atoms with van der Waals surface area (Å²) in [6.45, 7) is 0. The normalized spacial score (nSPS) is 10.0. The van der Waals surface area contributed by atoms with E-state index in [1.165, 1.54) is 7.11 Å². The van der Waals surface area contributed by atoms with E-state index in [0.29, 0.717) is 14.0 Å². The van der Waals surface area contributed by atoms with Gasteiger partial charge in [0.2, 0.25) is 0 Å². The second-order valence-corrected chi connectivity index (χ2v) is 4.12. The molecule has 0 amide bonds. The van der Waals surface area contributed by atoms with Crippen molar-refractivity contribution in [2.75, 3.05) is 7.11 Å². The minimum atomic E-state index is 0.00528. The van der Waals surface area contributed by atoms with E-state index in [0.717, 1.165) is 0 Å². The zero-order valence-electron chi connectivity index (χ0n) is 6.07. The quantitative estimate of drug-likeness (QED) is 0.803. The summed E-state index contributed by atoms with van der Waals surface area (Å²) in [5.74, 6) is 0.267. The topological polar surface area (TPSA) is 29.5 Å². The van der Waals surface area contributed by atoms with Crippen molar-refractivity contribution >= 4 is 43.5 Å². The van der Waals surface area contributed by atoms with Crippen LogP contribution in [-0.4, -0.2) is 12.2 Å². The summed E-state index contributed by atoms with van der Waals surface area (Å²) < 4.78 is 6.11. The van der Waals surface area contributed by atoms with E-state index in [4.69, 9.17) is 16.3 Å². The summed E-state index contributed by atoms with van der Waals surface area (Å²) in [4.78, 5) is 0. The molecule has 0 aliphatic carbocycles. The predicted octanol–water partition coefficient (Wildman–Crippen LogP) is 3.58. The van der Waals surface area contributed by atoms with Crippen LogP contribution in [0.1, 0.15) is 0 Å². The van der Waals surface area contributed by atoms with Gasteiger partial charge >= 0.3 is 0 Å². The third-order valence-electron chi connectivity index (χ3n) is 1.31. The van der Waals surface area contributed by atoms with Crippen LogP contribution in [0.2, 0.25) is 5.02 Å². The lowest BCUT2D eigenvalue weighted by molar-refractivity contribution is 0.372. The molecule has 1 rings (SSSR count). The van der Waals surface area contributed by atoms with Crippen molar-refractivity contribution in [2.45, 2.75) is 0 Å². The number of phenolic OH excluding ortho intramolecular Hbond substituents is 1. The number of halogens is 3. The summed E-state index contributed by atoms with van der Waals surface area (Å²) in [6, 6.07) is 1.65. The van der Waals surface area contributed by atoms with Crippen LogP contribution in [-0.2, 0) is 0 Å². The summed E-state index contributed by atoms with van der Waals surface area (Å²) in [7, 11) is 1.44. The number of aromatic hydroxyl groups is 1. The lowest BCUT2D eigenvalue weighted by Gasteiger charge is -2.08. The number of rotatable bonds is 1. The van der Waals surface area contributed by atoms with Gasteiger partial charge in [-0.05, 0) is 37.9 Å². The van der Waals surface area contributed by atoms with Crippen LogP contribution in [0, 0.1) is 0 Å². The van der Waals surface area contributed by atoms with Crippen molar-refractivity contribution in [2.24, 2.45) is 0 Å². The molecular formula is C7H5Br2ClO2. The van der Waals surface area contributed by atoms with Crippen molar-refractivity contribution in [3.63, 3.8) is 0 Å². The highest BCUT2D eigenvalue weighted by Gasteiger charge is 2.13. The lowest BCUT2D eigenvalue weighted by atomic mass is 10.3. The van der Waals surface area contributed by atoms with Crippen molar-refractivity contribution in [1.29, 1.82) is 0 Å². The van der Waals surface area contributed by atoms with E-state index in [9.17, 15) is 5.11 Å². The molecule has 0 aliphatic heterocycles. The van der Waals surface area contributed by atoms with Crippen molar-refractivity contribution in [1.82, 2.24) is 0 Å². The van der Waals surface area contributed by atoms with E-state index in [2.05, 4.69) is 31.9 Å². The second kappa shape index (κ2) is 3.85. The monoisotopic (exact) mass is 314 g/mol. The highest BCUT2D eigenvalue weighted by atomic mass is 79.9. The molecule has 0 bridgehead atoms. The molecule has 2 nitrogen and oxygen atoms in total. The van der Waals surface area contributed by atoms with Crippen LogP contribution < -0.4 is 4.74 Å². The molecule has 12 heavy (non-hydrogen) atoms. The Hall–Kier alpha value is 0.0700. The summed E-state index contributed by atoms with van der Waals surface area (Å²) in [5.41, 5.74) is 0. The molecule has 0 saturated heterocycles. The molecule has 0 heterocycles. The molecule has 0 saturated carbocycles. The van der Waals surface area contributed by atoms with Gasteiger partial charge in [0.15, 0.2) is 11.5 Å². The smallest absolute Gasteiger partial charge is 0.181 e. The minimum absolute atomic E-state index is 0.00528. The standard InChI is InChI=1S/C7H5Br2ClO2/c1-12-7-5(10)3(8)2-4(9)6(7)11/h2,11H,1H3. The molecule has 1 N–H and O–H groups in total. The Morgan fingerprint density at radius 3 is 2.50 bits per heavy atom. The van der Waals surface area contributed by atoms with Crippen molar-refractivity contribution in [3.05, 3.63) is 20.0 Å². The Kier molecular flexibility index (Phi) is 3.26. The fourth-order valence-electron chi connectivity index (χ4n) is 0.750. The van der Waals surface area contributed by atoms with Gasteiger partial charge in [-0.1, -0.05) is 11.6 Å². The highest BCUT2D eigenvalue weighted by molar-refractivity contribution is 9.11. The van der Waals surface area contributed by atoms with Crippen LogP contribution in [0.25, 0.3) is 0 Å². The SMILES string of the molecule is COc1c(O)c(Br)cc(Br)c1Cl. The first kappa shape index (κ1) is 10.2.